The first-order valence-corrected chi connectivity index (χ1v) is 6.45. The fourth-order valence-electron chi connectivity index (χ4n) is 2.51. The Morgan fingerprint density at radius 3 is 2.78 bits per heavy atom. The van der Waals surface area contributed by atoms with Crippen LogP contribution in [-0.2, 0) is 11.3 Å². The molecule has 0 atom stereocenters. The molecule has 0 spiro atoms. The predicted octanol–water partition coefficient (Wildman–Crippen LogP) is 2.27. The van der Waals surface area contributed by atoms with E-state index in [0.717, 1.165) is 44.6 Å². The molecular weight excluding hydrogens is 231 g/mol. The van der Waals surface area contributed by atoms with Crippen molar-refractivity contribution in [3.8, 4) is 0 Å². The molecule has 2 N–H and O–H groups in total. The van der Waals surface area contributed by atoms with E-state index in [9.17, 15) is 4.39 Å². The number of hydrogen-bond acceptors (Lipinski definition) is 3. The summed E-state index contributed by atoms with van der Waals surface area (Å²) >= 11 is 0. The number of rotatable bonds is 4. The number of hydrogen-bond donors (Lipinski definition) is 1. The summed E-state index contributed by atoms with van der Waals surface area (Å²) in [4.78, 5) is 2.33. The van der Waals surface area contributed by atoms with Gasteiger partial charge >= 0.3 is 0 Å². The van der Waals surface area contributed by atoms with E-state index in [1.54, 1.807) is 13.2 Å². The van der Waals surface area contributed by atoms with Crippen molar-refractivity contribution in [2.75, 3.05) is 32.5 Å². The maximum absolute atomic E-state index is 13.3. The largest absolute Gasteiger partial charge is 0.396 e. The molecule has 0 saturated carbocycles. The highest BCUT2D eigenvalue weighted by Gasteiger charge is 2.19. The van der Waals surface area contributed by atoms with Crippen LogP contribution in [0.2, 0.25) is 0 Å². The Morgan fingerprint density at radius 2 is 2.11 bits per heavy atom. The number of nitrogen functional groups attached to an aromatic ring is 1. The number of benzene rings is 1. The summed E-state index contributed by atoms with van der Waals surface area (Å²) in [7, 11) is 1.75. The van der Waals surface area contributed by atoms with Gasteiger partial charge in [0.15, 0.2) is 0 Å². The number of para-hydroxylation sites is 1. The molecule has 1 saturated heterocycles. The second-order valence-corrected chi connectivity index (χ2v) is 4.99. The zero-order chi connectivity index (χ0) is 13.0. The second kappa shape index (κ2) is 6.16. The second-order valence-electron chi connectivity index (χ2n) is 4.99. The first kappa shape index (κ1) is 13.3. The monoisotopic (exact) mass is 252 g/mol. The van der Waals surface area contributed by atoms with Crippen molar-refractivity contribution in [2.24, 2.45) is 5.92 Å². The van der Waals surface area contributed by atoms with E-state index < -0.39 is 0 Å². The molecule has 1 aliphatic heterocycles. The molecule has 0 amide bonds. The van der Waals surface area contributed by atoms with E-state index in [1.807, 2.05) is 6.07 Å². The number of halogens is 1. The van der Waals surface area contributed by atoms with E-state index in [4.69, 9.17) is 10.5 Å². The molecule has 0 aliphatic carbocycles. The Labute approximate surface area is 108 Å². The molecule has 0 unspecified atom stereocenters. The van der Waals surface area contributed by atoms with Crippen LogP contribution in [-0.4, -0.2) is 31.7 Å². The molecular formula is C14H21FN2O. The molecule has 1 heterocycles. The highest BCUT2D eigenvalue weighted by molar-refractivity contribution is 5.47. The molecule has 1 aromatic rings. The average Bonchev–Trinajstić information content (AvgIpc) is 2.38. The minimum atomic E-state index is -0.318. The van der Waals surface area contributed by atoms with Crippen LogP contribution < -0.4 is 5.73 Å². The molecule has 1 aliphatic rings. The van der Waals surface area contributed by atoms with Crippen LogP contribution >= 0.6 is 0 Å². The lowest BCUT2D eigenvalue weighted by molar-refractivity contribution is 0.0969. The zero-order valence-electron chi connectivity index (χ0n) is 10.9. The number of ether oxygens (including phenoxy) is 1. The van der Waals surface area contributed by atoms with Crippen molar-refractivity contribution in [3.05, 3.63) is 29.6 Å². The van der Waals surface area contributed by atoms with Gasteiger partial charge in [0.1, 0.15) is 5.82 Å². The van der Waals surface area contributed by atoms with Crippen LogP contribution in [0.4, 0.5) is 10.1 Å². The summed E-state index contributed by atoms with van der Waals surface area (Å²) in [5.41, 5.74) is 6.93. The van der Waals surface area contributed by atoms with Gasteiger partial charge in [0.05, 0.1) is 5.69 Å². The number of piperidine rings is 1. The van der Waals surface area contributed by atoms with Crippen LogP contribution in [0.3, 0.4) is 0 Å². The molecule has 2 rings (SSSR count). The third kappa shape index (κ3) is 3.21. The lowest BCUT2D eigenvalue weighted by Crippen LogP contribution is -2.34. The van der Waals surface area contributed by atoms with Crippen molar-refractivity contribution in [1.29, 1.82) is 0 Å². The Kier molecular flexibility index (Phi) is 4.55. The molecule has 0 aromatic heterocycles. The molecule has 100 valence electrons. The third-order valence-electron chi connectivity index (χ3n) is 3.65. The summed E-state index contributed by atoms with van der Waals surface area (Å²) in [5.74, 6) is 0.345. The van der Waals surface area contributed by atoms with Gasteiger partial charge in [0.25, 0.3) is 0 Å². The standard InChI is InChI=1S/C14H21FN2O/c1-18-10-11-5-7-17(8-6-11)9-12-3-2-4-13(15)14(12)16/h2-4,11H,5-10,16H2,1H3. The summed E-state index contributed by atoms with van der Waals surface area (Å²) in [6, 6.07) is 5.03. The quantitative estimate of drug-likeness (QED) is 0.835. The summed E-state index contributed by atoms with van der Waals surface area (Å²) in [5, 5.41) is 0. The number of nitrogens with two attached hydrogens (primary N) is 1. The number of methoxy groups -OCH3 is 1. The summed E-state index contributed by atoms with van der Waals surface area (Å²) in [6.45, 7) is 3.65. The minimum Gasteiger partial charge on any atom is -0.396 e. The van der Waals surface area contributed by atoms with Crippen molar-refractivity contribution in [1.82, 2.24) is 4.90 Å². The Balaban J connectivity index is 1.90. The van der Waals surface area contributed by atoms with Gasteiger partial charge in [-0.2, -0.15) is 0 Å². The third-order valence-corrected chi connectivity index (χ3v) is 3.65. The molecule has 1 aromatic carbocycles. The van der Waals surface area contributed by atoms with Gasteiger partial charge in [-0.05, 0) is 43.5 Å². The number of likely N-dealkylation sites (tertiary alicyclic amines) is 1. The van der Waals surface area contributed by atoms with Crippen molar-refractivity contribution in [3.63, 3.8) is 0 Å². The average molecular weight is 252 g/mol. The maximum Gasteiger partial charge on any atom is 0.146 e. The van der Waals surface area contributed by atoms with Gasteiger partial charge in [-0.1, -0.05) is 12.1 Å². The van der Waals surface area contributed by atoms with Gasteiger partial charge < -0.3 is 10.5 Å². The normalized spacial score (nSPS) is 18.1. The van der Waals surface area contributed by atoms with Crippen molar-refractivity contribution < 1.29 is 9.13 Å². The smallest absolute Gasteiger partial charge is 0.146 e. The van der Waals surface area contributed by atoms with Crippen LogP contribution in [0.5, 0.6) is 0 Å². The molecule has 3 nitrogen and oxygen atoms in total. The highest BCUT2D eigenvalue weighted by atomic mass is 19.1. The molecule has 1 fully saturated rings. The van der Waals surface area contributed by atoms with E-state index in [-0.39, 0.29) is 11.5 Å². The minimum absolute atomic E-state index is 0.288. The summed E-state index contributed by atoms with van der Waals surface area (Å²) < 4.78 is 18.5. The molecule has 0 radical (unpaired) electrons. The van der Waals surface area contributed by atoms with Gasteiger partial charge in [-0.25, -0.2) is 4.39 Å². The van der Waals surface area contributed by atoms with Gasteiger partial charge in [0, 0.05) is 20.3 Å². The highest BCUT2D eigenvalue weighted by Crippen LogP contribution is 2.22. The summed E-state index contributed by atoms with van der Waals surface area (Å²) in [6.07, 6.45) is 2.28. The lowest BCUT2D eigenvalue weighted by Gasteiger charge is -2.31. The van der Waals surface area contributed by atoms with E-state index in [0.29, 0.717) is 5.92 Å². The lowest BCUT2D eigenvalue weighted by atomic mass is 9.97. The fraction of sp³-hybridized carbons (Fsp3) is 0.571. The zero-order valence-corrected chi connectivity index (χ0v) is 10.9. The predicted molar refractivity (Wildman–Crippen MR) is 70.7 cm³/mol. The topological polar surface area (TPSA) is 38.5 Å². The first-order valence-electron chi connectivity index (χ1n) is 6.45. The van der Waals surface area contributed by atoms with Crippen LogP contribution in [0.15, 0.2) is 18.2 Å². The van der Waals surface area contributed by atoms with Gasteiger partial charge in [-0.15, -0.1) is 0 Å². The van der Waals surface area contributed by atoms with Crippen LogP contribution in [0, 0.1) is 11.7 Å². The van der Waals surface area contributed by atoms with Gasteiger partial charge in [0.2, 0.25) is 0 Å². The first-order chi connectivity index (χ1) is 8.70. The van der Waals surface area contributed by atoms with Crippen molar-refractivity contribution >= 4 is 5.69 Å². The Morgan fingerprint density at radius 1 is 1.39 bits per heavy atom. The van der Waals surface area contributed by atoms with Crippen LogP contribution in [0.1, 0.15) is 18.4 Å². The van der Waals surface area contributed by atoms with Gasteiger partial charge in [-0.3, -0.25) is 4.90 Å². The Hall–Kier alpha value is -1.13. The number of anilines is 1. The number of nitrogens with zero attached hydrogens (tertiary/aromatic N) is 1. The van der Waals surface area contributed by atoms with Crippen molar-refractivity contribution in [2.45, 2.75) is 19.4 Å². The fourth-order valence-corrected chi connectivity index (χ4v) is 2.51. The van der Waals surface area contributed by atoms with E-state index >= 15 is 0 Å². The molecule has 0 bridgehead atoms. The Bertz CT molecular complexity index is 389. The molecule has 4 heteroatoms. The molecule has 18 heavy (non-hydrogen) atoms. The van der Waals surface area contributed by atoms with E-state index in [2.05, 4.69) is 4.90 Å². The SMILES string of the molecule is COCC1CCN(Cc2cccc(F)c2N)CC1. The maximum atomic E-state index is 13.3. The van der Waals surface area contributed by atoms with Crippen LogP contribution in [0.25, 0.3) is 0 Å². The van der Waals surface area contributed by atoms with E-state index in [1.165, 1.54) is 6.07 Å².